The second-order valence-electron chi connectivity index (χ2n) is 4.41. The monoisotopic (exact) mass is 303 g/mol. The molecule has 1 aromatic carbocycles. The van der Waals surface area contributed by atoms with E-state index in [-0.39, 0.29) is 0 Å². The average Bonchev–Trinajstić information content (AvgIpc) is 2.16. The van der Waals surface area contributed by atoms with Gasteiger partial charge in [-0.15, -0.1) is 0 Å². The Hall–Kier alpha value is -0.0500. The Morgan fingerprint density at radius 1 is 1.38 bits per heavy atom. The number of rotatable bonds is 5. The van der Waals surface area contributed by atoms with E-state index < -0.39 is 0 Å². The molecule has 0 saturated heterocycles. The molecule has 0 saturated carbocycles. The lowest BCUT2D eigenvalue weighted by molar-refractivity contribution is 0.438. The van der Waals surface area contributed by atoms with Crippen LogP contribution >= 0.6 is 27.5 Å². The second-order valence-corrected chi connectivity index (χ2v) is 5.73. The Morgan fingerprint density at radius 2 is 2.06 bits per heavy atom. The molecule has 1 N–H and O–H groups in total. The van der Waals surface area contributed by atoms with Crippen molar-refractivity contribution in [1.82, 2.24) is 5.32 Å². The third-order valence-electron chi connectivity index (χ3n) is 2.50. The summed E-state index contributed by atoms with van der Waals surface area (Å²) in [6.45, 7) is 7.55. The molecule has 0 heterocycles. The fourth-order valence-electron chi connectivity index (χ4n) is 1.82. The van der Waals surface area contributed by atoms with Crippen molar-refractivity contribution in [2.24, 2.45) is 5.92 Å². The molecule has 0 fully saturated rings. The highest BCUT2D eigenvalue weighted by Gasteiger charge is 2.15. The van der Waals surface area contributed by atoms with Crippen LogP contribution in [0.25, 0.3) is 0 Å². The van der Waals surface area contributed by atoms with Crippen molar-refractivity contribution in [3.63, 3.8) is 0 Å². The lowest BCUT2D eigenvalue weighted by Gasteiger charge is -2.21. The highest BCUT2D eigenvalue weighted by molar-refractivity contribution is 9.10. The van der Waals surface area contributed by atoms with Gasteiger partial charge in [0.05, 0.1) is 0 Å². The number of benzene rings is 1. The van der Waals surface area contributed by atoms with Crippen molar-refractivity contribution in [1.29, 1.82) is 0 Å². The third-order valence-corrected chi connectivity index (χ3v) is 3.32. The van der Waals surface area contributed by atoms with E-state index in [9.17, 15) is 0 Å². The van der Waals surface area contributed by atoms with Crippen LogP contribution in [0.15, 0.2) is 22.7 Å². The highest BCUT2D eigenvalue weighted by Crippen LogP contribution is 2.29. The van der Waals surface area contributed by atoms with Gasteiger partial charge in [0.2, 0.25) is 0 Å². The minimum Gasteiger partial charge on any atom is -0.310 e. The summed E-state index contributed by atoms with van der Waals surface area (Å²) < 4.78 is 1.03. The Bertz CT molecular complexity index is 339. The van der Waals surface area contributed by atoms with Crippen molar-refractivity contribution in [3.05, 3.63) is 33.3 Å². The maximum absolute atomic E-state index is 6.27. The van der Waals surface area contributed by atoms with Crippen molar-refractivity contribution in [3.8, 4) is 0 Å². The number of hydrogen-bond acceptors (Lipinski definition) is 1. The largest absolute Gasteiger partial charge is 0.310 e. The normalized spacial score (nSPS) is 13.1. The predicted octanol–water partition coefficient (Wildman–Crippen LogP) is 4.80. The summed E-state index contributed by atoms with van der Waals surface area (Å²) >= 11 is 9.70. The number of nitrogens with one attached hydrogen (secondary N) is 1. The second kappa shape index (κ2) is 6.63. The van der Waals surface area contributed by atoms with Crippen LogP contribution in [0, 0.1) is 5.92 Å². The van der Waals surface area contributed by atoms with E-state index in [2.05, 4.69) is 48.1 Å². The molecular formula is C13H19BrClN. The van der Waals surface area contributed by atoms with Crippen molar-refractivity contribution >= 4 is 27.5 Å². The number of hydrogen-bond donors (Lipinski definition) is 1. The summed E-state index contributed by atoms with van der Waals surface area (Å²) in [5.74, 6) is 0.656. The maximum Gasteiger partial charge on any atom is 0.0465 e. The summed E-state index contributed by atoms with van der Waals surface area (Å²) in [5.41, 5.74) is 1.19. The summed E-state index contributed by atoms with van der Waals surface area (Å²) in [6, 6.07) is 6.46. The van der Waals surface area contributed by atoms with Crippen molar-refractivity contribution in [2.45, 2.75) is 33.2 Å². The first-order valence-corrected chi connectivity index (χ1v) is 6.90. The Labute approximate surface area is 112 Å². The van der Waals surface area contributed by atoms with Crippen molar-refractivity contribution < 1.29 is 0 Å². The molecule has 0 aliphatic rings. The molecule has 0 bridgehead atoms. The van der Waals surface area contributed by atoms with E-state index in [0.717, 1.165) is 22.5 Å². The lowest BCUT2D eigenvalue weighted by atomic mass is 9.97. The molecule has 1 aromatic rings. The van der Waals surface area contributed by atoms with Gasteiger partial charge in [-0.05, 0) is 36.6 Å². The molecule has 16 heavy (non-hydrogen) atoms. The molecule has 1 nitrogen and oxygen atoms in total. The molecule has 0 aromatic heterocycles. The zero-order valence-corrected chi connectivity index (χ0v) is 12.4. The fraction of sp³-hybridized carbons (Fsp3) is 0.538. The predicted molar refractivity (Wildman–Crippen MR) is 75.0 cm³/mol. The first kappa shape index (κ1) is 14.0. The van der Waals surface area contributed by atoms with Crippen LogP contribution in [0.2, 0.25) is 5.02 Å². The van der Waals surface area contributed by atoms with Crippen LogP contribution in [-0.4, -0.2) is 6.54 Å². The van der Waals surface area contributed by atoms with Gasteiger partial charge in [-0.2, -0.15) is 0 Å². The first-order chi connectivity index (χ1) is 7.54. The molecule has 0 spiro atoms. The van der Waals surface area contributed by atoms with Crippen molar-refractivity contribution in [2.75, 3.05) is 6.54 Å². The zero-order valence-electron chi connectivity index (χ0n) is 10.1. The molecule has 0 radical (unpaired) electrons. The molecule has 3 heteroatoms. The van der Waals surface area contributed by atoms with Crippen LogP contribution in [0.4, 0.5) is 0 Å². The summed E-state index contributed by atoms with van der Waals surface area (Å²) in [4.78, 5) is 0. The summed E-state index contributed by atoms with van der Waals surface area (Å²) in [5, 5.41) is 4.33. The number of halogens is 2. The van der Waals surface area contributed by atoms with Gasteiger partial charge in [0, 0.05) is 15.5 Å². The quantitative estimate of drug-likeness (QED) is 0.824. The van der Waals surface area contributed by atoms with Gasteiger partial charge in [0.15, 0.2) is 0 Å². The molecule has 1 unspecified atom stereocenters. The fourth-order valence-corrected chi connectivity index (χ4v) is 2.63. The Balaban J connectivity index is 2.91. The average molecular weight is 305 g/mol. The molecule has 1 rings (SSSR count). The zero-order chi connectivity index (χ0) is 12.1. The summed E-state index contributed by atoms with van der Waals surface area (Å²) in [7, 11) is 0. The highest BCUT2D eigenvalue weighted by atomic mass is 79.9. The minimum absolute atomic E-state index is 0.352. The van der Waals surface area contributed by atoms with E-state index >= 15 is 0 Å². The van der Waals surface area contributed by atoms with Crippen LogP contribution in [0.5, 0.6) is 0 Å². The summed E-state index contributed by atoms with van der Waals surface area (Å²) in [6.07, 6.45) is 1.11. The SMILES string of the molecule is CCNC(CC(C)C)c1ccc(Br)cc1Cl. The van der Waals surface area contributed by atoms with Gasteiger partial charge in [0.1, 0.15) is 0 Å². The first-order valence-electron chi connectivity index (χ1n) is 5.73. The van der Waals surface area contributed by atoms with Crippen LogP contribution in [0.3, 0.4) is 0 Å². The molecule has 90 valence electrons. The molecule has 0 aliphatic heterocycles. The van der Waals surface area contributed by atoms with E-state index in [1.165, 1.54) is 5.56 Å². The lowest BCUT2D eigenvalue weighted by Crippen LogP contribution is -2.22. The maximum atomic E-state index is 6.27. The van der Waals surface area contributed by atoms with E-state index in [1.54, 1.807) is 0 Å². The van der Waals surface area contributed by atoms with Gasteiger partial charge in [-0.3, -0.25) is 0 Å². The van der Waals surface area contributed by atoms with Gasteiger partial charge >= 0.3 is 0 Å². The van der Waals surface area contributed by atoms with Gasteiger partial charge in [0.25, 0.3) is 0 Å². The topological polar surface area (TPSA) is 12.0 Å². The van der Waals surface area contributed by atoms with Gasteiger partial charge < -0.3 is 5.32 Å². The van der Waals surface area contributed by atoms with E-state index in [1.807, 2.05) is 12.1 Å². The smallest absolute Gasteiger partial charge is 0.0465 e. The van der Waals surface area contributed by atoms with E-state index in [4.69, 9.17) is 11.6 Å². The molecule has 1 atom stereocenters. The Kier molecular flexibility index (Phi) is 5.81. The van der Waals surface area contributed by atoms with Gasteiger partial charge in [-0.1, -0.05) is 54.4 Å². The van der Waals surface area contributed by atoms with Crippen LogP contribution in [-0.2, 0) is 0 Å². The standard InChI is InChI=1S/C13H19BrClN/c1-4-16-13(7-9(2)3)11-6-5-10(14)8-12(11)15/h5-6,8-9,13,16H,4,7H2,1-3H3. The molecule has 0 amide bonds. The van der Waals surface area contributed by atoms with E-state index in [0.29, 0.717) is 12.0 Å². The minimum atomic E-state index is 0.352. The third kappa shape index (κ3) is 4.08. The molecule has 0 aliphatic carbocycles. The van der Waals surface area contributed by atoms with Crippen LogP contribution < -0.4 is 5.32 Å². The molecular weight excluding hydrogens is 286 g/mol. The Morgan fingerprint density at radius 3 is 2.56 bits per heavy atom. The van der Waals surface area contributed by atoms with Crippen LogP contribution in [0.1, 0.15) is 38.8 Å². The van der Waals surface area contributed by atoms with Gasteiger partial charge in [-0.25, -0.2) is 0 Å².